The molecule has 0 aromatic heterocycles. The van der Waals surface area contributed by atoms with Gasteiger partial charge in [0.1, 0.15) is 5.60 Å². The average molecular weight is 328 g/mol. The number of likely N-dealkylation sites (tertiary alicyclic amines) is 1. The van der Waals surface area contributed by atoms with Crippen LogP contribution < -0.4 is 16.0 Å². The van der Waals surface area contributed by atoms with Gasteiger partial charge in [-0.1, -0.05) is 0 Å². The third-order valence-electron chi connectivity index (χ3n) is 3.64. The molecule has 0 unspecified atom stereocenters. The predicted molar refractivity (Wildman–Crippen MR) is 86.0 cm³/mol. The fourth-order valence-electron chi connectivity index (χ4n) is 2.35. The van der Waals surface area contributed by atoms with Crippen LogP contribution in [0, 0.1) is 0 Å². The van der Waals surface area contributed by atoms with E-state index in [2.05, 4.69) is 16.0 Å². The summed E-state index contributed by atoms with van der Waals surface area (Å²) < 4.78 is 5.24. The van der Waals surface area contributed by atoms with Crippen molar-refractivity contribution in [2.24, 2.45) is 0 Å². The maximum Gasteiger partial charge on any atom is 0.407 e. The van der Waals surface area contributed by atoms with Gasteiger partial charge in [-0.25, -0.2) is 9.59 Å². The van der Waals surface area contributed by atoms with Crippen molar-refractivity contribution < 1.29 is 19.1 Å². The molecule has 0 aromatic carbocycles. The summed E-state index contributed by atoms with van der Waals surface area (Å²) in [6, 6.07) is -0.867. The Hall–Kier alpha value is -1.83. The molecule has 8 nitrogen and oxygen atoms in total. The van der Waals surface area contributed by atoms with E-state index in [9.17, 15) is 14.4 Å². The van der Waals surface area contributed by atoms with Gasteiger partial charge in [0.15, 0.2) is 0 Å². The van der Waals surface area contributed by atoms with Crippen molar-refractivity contribution in [2.75, 3.05) is 20.1 Å². The second kappa shape index (κ2) is 8.14. The largest absolute Gasteiger partial charge is 0.444 e. The number of hydrogen-bond acceptors (Lipinski definition) is 5. The number of imide groups is 1. The molecule has 4 amide bonds. The number of carbonyl (C=O) groups is 3. The van der Waals surface area contributed by atoms with Crippen molar-refractivity contribution in [3.63, 3.8) is 0 Å². The first-order valence-corrected chi connectivity index (χ1v) is 7.88. The lowest BCUT2D eigenvalue weighted by Gasteiger charge is -2.35. The van der Waals surface area contributed by atoms with E-state index in [0.717, 1.165) is 12.8 Å². The molecule has 0 aromatic rings. The molecule has 3 N–H and O–H groups in total. The molecule has 1 rings (SSSR count). The SMILES string of the molecule is CNC(=O)NC(=O)[C@H](C)N1CCC(NC(=O)OC(C)(C)C)CC1. The molecule has 1 atom stereocenters. The van der Waals surface area contributed by atoms with Crippen LogP contribution in [0.4, 0.5) is 9.59 Å². The average Bonchev–Trinajstić information content (AvgIpc) is 2.45. The smallest absolute Gasteiger partial charge is 0.407 e. The summed E-state index contributed by atoms with van der Waals surface area (Å²) in [6.07, 6.45) is 1.05. The number of amides is 4. The Morgan fingerprint density at radius 1 is 1.17 bits per heavy atom. The van der Waals surface area contributed by atoms with Crippen molar-refractivity contribution >= 4 is 18.0 Å². The molecule has 0 saturated carbocycles. The molecule has 0 radical (unpaired) electrons. The van der Waals surface area contributed by atoms with E-state index in [1.165, 1.54) is 7.05 Å². The van der Waals surface area contributed by atoms with E-state index in [4.69, 9.17) is 4.74 Å². The monoisotopic (exact) mass is 328 g/mol. The number of nitrogens with one attached hydrogen (secondary N) is 3. The molecule has 0 bridgehead atoms. The number of nitrogens with zero attached hydrogens (tertiary/aromatic N) is 1. The van der Waals surface area contributed by atoms with Gasteiger partial charge in [0, 0.05) is 26.2 Å². The van der Waals surface area contributed by atoms with E-state index in [-0.39, 0.29) is 11.9 Å². The minimum absolute atomic E-state index is 0.0373. The lowest BCUT2D eigenvalue weighted by Crippen LogP contribution is -2.53. The Balaban J connectivity index is 2.38. The lowest BCUT2D eigenvalue weighted by atomic mass is 10.0. The van der Waals surface area contributed by atoms with E-state index in [1.54, 1.807) is 6.92 Å². The van der Waals surface area contributed by atoms with Crippen molar-refractivity contribution in [2.45, 2.75) is 58.2 Å². The zero-order chi connectivity index (χ0) is 17.6. The van der Waals surface area contributed by atoms with E-state index in [0.29, 0.717) is 13.1 Å². The first-order valence-electron chi connectivity index (χ1n) is 7.88. The first-order chi connectivity index (χ1) is 10.6. The van der Waals surface area contributed by atoms with Gasteiger partial charge in [-0.15, -0.1) is 0 Å². The van der Waals surface area contributed by atoms with Crippen LogP contribution in [-0.4, -0.2) is 60.8 Å². The normalized spacial score (nSPS) is 18.0. The molecule has 1 aliphatic heterocycles. The Morgan fingerprint density at radius 2 is 1.74 bits per heavy atom. The molecule has 1 saturated heterocycles. The molecule has 0 spiro atoms. The Kier molecular flexibility index (Phi) is 6.80. The molecule has 132 valence electrons. The number of rotatable bonds is 3. The zero-order valence-corrected chi connectivity index (χ0v) is 14.6. The topological polar surface area (TPSA) is 99.8 Å². The van der Waals surface area contributed by atoms with Gasteiger partial charge in [0.2, 0.25) is 5.91 Å². The zero-order valence-electron chi connectivity index (χ0n) is 14.6. The van der Waals surface area contributed by atoms with Gasteiger partial charge >= 0.3 is 12.1 Å². The lowest BCUT2D eigenvalue weighted by molar-refractivity contribution is -0.125. The summed E-state index contributed by atoms with van der Waals surface area (Å²) >= 11 is 0. The van der Waals surface area contributed by atoms with Crippen LogP contribution in [0.15, 0.2) is 0 Å². The highest BCUT2D eigenvalue weighted by atomic mass is 16.6. The highest BCUT2D eigenvalue weighted by Gasteiger charge is 2.28. The van der Waals surface area contributed by atoms with Gasteiger partial charge in [0.05, 0.1) is 6.04 Å². The maximum absolute atomic E-state index is 11.9. The summed E-state index contributed by atoms with van der Waals surface area (Å²) in [5.74, 6) is -0.331. The maximum atomic E-state index is 11.9. The number of alkyl carbamates (subject to hydrolysis) is 1. The third kappa shape index (κ3) is 6.85. The van der Waals surface area contributed by atoms with Crippen molar-refractivity contribution in [3.05, 3.63) is 0 Å². The molecular weight excluding hydrogens is 300 g/mol. The van der Waals surface area contributed by atoms with Crippen LogP contribution in [0.2, 0.25) is 0 Å². The van der Waals surface area contributed by atoms with Crippen molar-refractivity contribution in [3.8, 4) is 0 Å². The standard InChI is InChI=1S/C15H28N4O4/c1-10(12(20)18-13(21)16-5)19-8-6-11(7-9-19)17-14(22)23-15(2,3)4/h10-11H,6-9H2,1-5H3,(H,17,22)(H2,16,18,20,21)/t10-/m0/s1. The van der Waals surface area contributed by atoms with Crippen LogP contribution >= 0.6 is 0 Å². The Bertz CT molecular complexity index is 439. The number of hydrogen-bond donors (Lipinski definition) is 3. The van der Waals surface area contributed by atoms with Crippen LogP contribution in [0.3, 0.4) is 0 Å². The second-order valence-corrected chi connectivity index (χ2v) is 6.70. The van der Waals surface area contributed by atoms with Crippen LogP contribution in [0.5, 0.6) is 0 Å². The fraction of sp³-hybridized carbons (Fsp3) is 0.800. The van der Waals surface area contributed by atoms with Gasteiger partial charge in [-0.3, -0.25) is 15.0 Å². The Labute approximate surface area is 137 Å². The first kappa shape index (κ1) is 19.2. The second-order valence-electron chi connectivity index (χ2n) is 6.70. The van der Waals surface area contributed by atoms with E-state index in [1.807, 2.05) is 25.7 Å². The van der Waals surface area contributed by atoms with Crippen LogP contribution in [0.25, 0.3) is 0 Å². The van der Waals surface area contributed by atoms with Crippen molar-refractivity contribution in [1.29, 1.82) is 0 Å². The summed E-state index contributed by atoms with van der Waals surface area (Å²) in [4.78, 5) is 36.8. The summed E-state index contributed by atoms with van der Waals surface area (Å²) in [6.45, 7) is 8.57. The number of piperidine rings is 1. The molecule has 1 heterocycles. The molecule has 8 heteroatoms. The minimum atomic E-state index is -0.517. The van der Waals surface area contributed by atoms with Gasteiger partial charge in [-0.2, -0.15) is 0 Å². The molecule has 1 aliphatic rings. The van der Waals surface area contributed by atoms with E-state index >= 15 is 0 Å². The molecular formula is C15H28N4O4. The van der Waals surface area contributed by atoms with Crippen LogP contribution in [0.1, 0.15) is 40.5 Å². The molecule has 23 heavy (non-hydrogen) atoms. The number of urea groups is 1. The summed E-state index contributed by atoms with van der Waals surface area (Å²) in [5.41, 5.74) is -0.517. The minimum Gasteiger partial charge on any atom is -0.444 e. The van der Waals surface area contributed by atoms with Crippen molar-refractivity contribution in [1.82, 2.24) is 20.9 Å². The Morgan fingerprint density at radius 3 is 2.22 bits per heavy atom. The van der Waals surface area contributed by atoms with Gasteiger partial charge in [-0.05, 0) is 40.5 Å². The van der Waals surface area contributed by atoms with E-state index < -0.39 is 23.8 Å². The highest BCUT2D eigenvalue weighted by Crippen LogP contribution is 2.14. The predicted octanol–water partition coefficient (Wildman–Crippen LogP) is 0.820. The number of carbonyl (C=O) groups excluding carboxylic acids is 3. The van der Waals surface area contributed by atoms with Gasteiger partial charge in [0.25, 0.3) is 0 Å². The van der Waals surface area contributed by atoms with Gasteiger partial charge < -0.3 is 15.4 Å². The highest BCUT2D eigenvalue weighted by molar-refractivity contribution is 5.96. The quantitative estimate of drug-likeness (QED) is 0.712. The van der Waals surface area contributed by atoms with Crippen LogP contribution in [-0.2, 0) is 9.53 Å². The summed E-state index contributed by atoms with van der Waals surface area (Å²) in [5, 5.41) is 7.48. The summed E-state index contributed by atoms with van der Waals surface area (Å²) in [7, 11) is 1.46. The fourth-order valence-corrected chi connectivity index (χ4v) is 2.35. The number of ether oxygens (including phenoxy) is 1. The molecule has 0 aliphatic carbocycles. The third-order valence-corrected chi connectivity index (χ3v) is 3.64. The molecule has 1 fully saturated rings.